The molecule has 0 radical (unpaired) electrons. The number of benzene rings is 1. The molecule has 1 N–H and O–H groups in total. The van der Waals surface area contributed by atoms with Gasteiger partial charge in [0.1, 0.15) is 0 Å². The van der Waals surface area contributed by atoms with Gasteiger partial charge in [0.05, 0.1) is 0 Å². The van der Waals surface area contributed by atoms with E-state index in [0.717, 1.165) is 6.54 Å². The summed E-state index contributed by atoms with van der Waals surface area (Å²) in [6.07, 6.45) is 2.64. The van der Waals surface area contributed by atoms with Gasteiger partial charge in [-0.05, 0) is 44.5 Å². The van der Waals surface area contributed by atoms with E-state index >= 15 is 0 Å². The fourth-order valence-corrected chi connectivity index (χ4v) is 2.65. The number of rotatable bonds is 1. The van der Waals surface area contributed by atoms with E-state index in [4.69, 9.17) is 0 Å². The van der Waals surface area contributed by atoms with Gasteiger partial charge >= 0.3 is 0 Å². The molecule has 1 fully saturated rings. The molecule has 3 rings (SSSR count). The third kappa shape index (κ3) is 1.53. The SMILES string of the molecule is Cc1ccc2c(c1)C(N1CCC1)CCN2. The van der Waals surface area contributed by atoms with Crippen molar-refractivity contribution >= 4 is 5.69 Å². The number of anilines is 1. The van der Waals surface area contributed by atoms with Gasteiger partial charge in [-0.2, -0.15) is 0 Å². The summed E-state index contributed by atoms with van der Waals surface area (Å²) in [7, 11) is 0. The van der Waals surface area contributed by atoms with Gasteiger partial charge in [-0.25, -0.2) is 0 Å². The molecule has 2 heterocycles. The Morgan fingerprint density at radius 1 is 1.33 bits per heavy atom. The fraction of sp³-hybridized carbons (Fsp3) is 0.538. The number of aryl methyl sites for hydroxylation is 1. The van der Waals surface area contributed by atoms with E-state index in [0.29, 0.717) is 6.04 Å². The molecule has 2 heteroatoms. The molecule has 2 aliphatic heterocycles. The number of nitrogens with zero attached hydrogens (tertiary/aromatic N) is 1. The van der Waals surface area contributed by atoms with Gasteiger partial charge in [0, 0.05) is 18.3 Å². The molecule has 0 amide bonds. The van der Waals surface area contributed by atoms with Gasteiger partial charge in [-0.3, -0.25) is 4.90 Å². The van der Waals surface area contributed by atoms with Crippen LogP contribution in [0, 0.1) is 6.92 Å². The second kappa shape index (κ2) is 3.53. The van der Waals surface area contributed by atoms with E-state index in [-0.39, 0.29) is 0 Å². The van der Waals surface area contributed by atoms with Crippen LogP contribution in [0.5, 0.6) is 0 Å². The summed E-state index contributed by atoms with van der Waals surface area (Å²) in [5.41, 5.74) is 4.24. The Balaban J connectivity index is 1.96. The molecule has 1 aromatic carbocycles. The van der Waals surface area contributed by atoms with Crippen LogP contribution < -0.4 is 5.32 Å². The predicted octanol–water partition coefficient (Wildman–Crippen LogP) is 2.56. The van der Waals surface area contributed by atoms with E-state index in [1.165, 1.54) is 42.7 Å². The van der Waals surface area contributed by atoms with Gasteiger partial charge in [-0.15, -0.1) is 0 Å². The number of likely N-dealkylation sites (tertiary alicyclic amines) is 1. The van der Waals surface area contributed by atoms with Crippen LogP contribution >= 0.6 is 0 Å². The molecule has 15 heavy (non-hydrogen) atoms. The Bertz CT molecular complexity index is 369. The summed E-state index contributed by atoms with van der Waals surface area (Å²) in [4.78, 5) is 2.61. The first-order chi connectivity index (χ1) is 7.34. The topological polar surface area (TPSA) is 15.3 Å². The highest BCUT2D eigenvalue weighted by Crippen LogP contribution is 2.36. The van der Waals surface area contributed by atoms with E-state index in [1.54, 1.807) is 0 Å². The van der Waals surface area contributed by atoms with E-state index < -0.39 is 0 Å². The van der Waals surface area contributed by atoms with Crippen LogP contribution in [0.4, 0.5) is 5.69 Å². The molecule has 0 aliphatic carbocycles. The lowest BCUT2D eigenvalue weighted by Crippen LogP contribution is -2.42. The van der Waals surface area contributed by atoms with Crippen molar-refractivity contribution in [1.29, 1.82) is 0 Å². The highest BCUT2D eigenvalue weighted by Gasteiger charge is 2.28. The maximum absolute atomic E-state index is 3.50. The van der Waals surface area contributed by atoms with Crippen molar-refractivity contribution in [3.63, 3.8) is 0 Å². The normalized spacial score (nSPS) is 25.3. The van der Waals surface area contributed by atoms with Crippen LogP contribution in [0.15, 0.2) is 18.2 Å². The average molecular weight is 202 g/mol. The van der Waals surface area contributed by atoms with E-state index in [2.05, 4.69) is 35.3 Å². The minimum absolute atomic E-state index is 0.676. The Hall–Kier alpha value is -1.02. The third-order valence-electron chi connectivity index (χ3n) is 3.63. The van der Waals surface area contributed by atoms with Crippen molar-refractivity contribution in [1.82, 2.24) is 4.90 Å². The zero-order chi connectivity index (χ0) is 10.3. The fourth-order valence-electron chi connectivity index (χ4n) is 2.65. The highest BCUT2D eigenvalue weighted by atomic mass is 15.2. The molecule has 0 saturated carbocycles. The van der Waals surface area contributed by atoms with Gasteiger partial charge in [-0.1, -0.05) is 17.7 Å². The van der Waals surface area contributed by atoms with Crippen LogP contribution in [0.3, 0.4) is 0 Å². The summed E-state index contributed by atoms with van der Waals surface area (Å²) in [6, 6.07) is 7.46. The number of fused-ring (bicyclic) bond motifs is 1. The van der Waals surface area contributed by atoms with E-state index in [9.17, 15) is 0 Å². The molecule has 80 valence electrons. The summed E-state index contributed by atoms with van der Waals surface area (Å²) < 4.78 is 0. The van der Waals surface area contributed by atoms with Crippen LogP contribution in [0.2, 0.25) is 0 Å². The van der Waals surface area contributed by atoms with E-state index in [1.807, 2.05) is 0 Å². The van der Waals surface area contributed by atoms with Crippen LogP contribution in [-0.4, -0.2) is 24.5 Å². The van der Waals surface area contributed by atoms with Crippen molar-refractivity contribution in [2.45, 2.75) is 25.8 Å². The largest absolute Gasteiger partial charge is 0.385 e. The zero-order valence-corrected chi connectivity index (χ0v) is 9.29. The van der Waals surface area contributed by atoms with Crippen molar-refractivity contribution < 1.29 is 0 Å². The van der Waals surface area contributed by atoms with Crippen molar-refractivity contribution in [2.75, 3.05) is 25.0 Å². The van der Waals surface area contributed by atoms with Crippen molar-refractivity contribution in [2.24, 2.45) is 0 Å². The second-order valence-corrected chi connectivity index (χ2v) is 4.71. The van der Waals surface area contributed by atoms with Crippen LogP contribution in [0.1, 0.15) is 30.0 Å². The zero-order valence-electron chi connectivity index (χ0n) is 9.29. The first kappa shape index (κ1) is 9.22. The smallest absolute Gasteiger partial charge is 0.0388 e. The Morgan fingerprint density at radius 3 is 2.93 bits per heavy atom. The highest BCUT2D eigenvalue weighted by molar-refractivity contribution is 5.56. The Labute approximate surface area is 91.3 Å². The Morgan fingerprint density at radius 2 is 2.20 bits per heavy atom. The lowest BCUT2D eigenvalue weighted by atomic mass is 9.93. The first-order valence-electron chi connectivity index (χ1n) is 5.93. The number of hydrogen-bond acceptors (Lipinski definition) is 2. The van der Waals surface area contributed by atoms with Crippen molar-refractivity contribution in [3.05, 3.63) is 29.3 Å². The lowest BCUT2D eigenvalue weighted by molar-refractivity contribution is 0.112. The lowest BCUT2D eigenvalue weighted by Gasteiger charge is -2.41. The molecule has 2 nitrogen and oxygen atoms in total. The molecule has 2 aliphatic rings. The maximum Gasteiger partial charge on any atom is 0.0388 e. The minimum atomic E-state index is 0.676. The van der Waals surface area contributed by atoms with Crippen LogP contribution in [0.25, 0.3) is 0 Å². The van der Waals surface area contributed by atoms with Gasteiger partial charge in [0.15, 0.2) is 0 Å². The molecule has 1 atom stereocenters. The van der Waals surface area contributed by atoms with Gasteiger partial charge < -0.3 is 5.32 Å². The molecule has 0 spiro atoms. The minimum Gasteiger partial charge on any atom is -0.385 e. The third-order valence-corrected chi connectivity index (χ3v) is 3.63. The first-order valence-corrected chi connectivity index (χ1v) is 5.93. The quantitative estimate of drug-likeness (QED) is 0.753. The molecule has 0 bridgehead atoms. The summed E-state index contributed by atoms with van der Waals surface area (Å²) in [5, 5.41) is 3.50. The predicted molar refractivity (Wildman–Crippen MR) is 63.2 cm³/mol. The Kier molecular flexibility index (Phi) is 2.17. The standard InChI is InChI=1S/C13H18N2/c1-10-3-4-12-11(9-10)13(5-6-14-12)15-7-2-8-15/h3-4,9,13-14H,2,5-8H2,1H3. The monoisotopic (exact) mass is 202 g/mol. The molecule has 1 saturated heterocycles. The molecule has 1 aromatic rings. The molecular formula is C13H18N2. The number of hydrogen-bond donors (Lipinski definition) is 1. The maximum atomic E-state index is 3.50. The molecular weight excluding hydrogens is 184 g/mol. The van der Waals surface area contributed by atoms with Crippen molar-refractivity contribution in [3.8, 4) is 0 Å². The molecule has 0 aromatic heterocycles. The van der Waals surface area contributed by atoms with Crippen LogP contribution in [-0.2, 0) is 0 Å². The summed E-state index contributed by atoms with van der Waals surface area (Å²) >= 11 is 0. The van der Waals surface area contributed by atoms with Gasteiger partial charge in [0.2, 0.25) is 0 Å². The average Bonchev–Trinajstić information content (AvgIpc) is 2.16. The summed E-state index contributed by atoms with van der Waals surface area (Å²) in [5.74, 6) is 0. The summed E-state index contributed by atoms with van der Waals surface area (Å²) in [6.45, 7) is 5.88. The second-order valence-electron chi connectivity index (χ2n) is 4.71. The number of nitrogens with one attached hydrogen (secondary N) is 1. The molecule has 1 unspecified atom stereocenters. The van der Waals surface area contributed by atoms with Gasteiger partial charge in [0.25, 0.3) is 0 Å².